The Bertz CT molecular complexity index is 1430. The molecule has 0 saturated heterocycles. The molecule has 3 heterocycles. The average Bonchev–Trinajstić information content (AvgIpc) is 3.31. The van der Waals surface area contributed by atoms with Crippen molar-refractivity contribution in [2.24, 2.45) is 5.73 Å². The summed E-state index contributed by atoms with van der Waals surface area (Å²) in [5, 5.41) is 4.73. The molecule has 0 aliphatic heterocycles. The van der Waals surface area contributed by atoms with Crippen LogP contribution >= 0.6 is 0 Å². The molecule has 0 saturated carbocycles. The smallest absolute Gasteiger partial charge is 0.283 e. The van der Waals surface area contributed by atoms with Crippen LogP contribution in [0.4, 0.5) is 11.5 Å². The average molecular weight is 411 g/mol. The number of imidazole rings is 1. The molecule has 4 N–H and O–H groups in total. The molecule has 3 aromatic heterocycles. The molecule has 0 spiro atoms. The molecule has 0 aliphatic carbocycles. The second-order valence-corrected chi connectivity index (χ2v) is 7.74. The highest BCUT2D eigenvalue weighted by Crippen LogP contribution is 2.36. The molecule has 7 nitrogen and oxygen atoms in total. The number of anilines is 2. The second kappa shape index (κ2) is 7.28. The maximum atomic E-state index is 11.4. The number of carbonyl (C=O) groups is 1. The van der Waals surface area contributed by atoms with E-state index in [0.29, 0.717) is 0 Å². The van der Waals surface area contributed by atoms with Gasteiger partial charge in [0.1, 0.15) is 11.5 Å². The predicted molar refractivity (Wildman–Crippen MR) is 121 cm³/mol. The lowest BCUT2D eigenvalue weighted by Crippen LogP contribution is -2.40. The van der Waals surface area contributed by atoms with E-state index in [0.717, 1.165) is 50.4 Å². The number of aromatic amines is 1. The normalized spacial score (nSPS) is 11.3. The summed E-state index contributed by atoms with van der Waals surface area (Å²) >= 11 is 0. The fraction of sp³-hybridized carbons (Fsp3) is 0.125. The van der Waals surface area contributed by atoms with E-state index in [2.05, 4.69) is 48.4 Å². The zero-order chi connectivity index (χ0) is 21.5. The first kappa shape index (κ1) is 18.9. The van der Waals surface area contributed by atoms with Gasteiger partial charge in [-0.05, 0) is 31.0 Å². The van der Waals surface area contributed by atoms with Crippen LogP contribution in [0.25, 0.3) is 27.8 Å². The molecule has 7 heteroatoms. The summed E-state index contributed by atoms with van der Waals surface area (Å²) in [5.41, 5.74) is 12.3. The highest BCUT2D eigenvalue weighted by molar-refractivity contribution is 5.98. The Balaban J connectivity index is 1.74. The van der Waals surface area contributed by atoms with Gasteiger partial charge in [0, 0.05) is 28.4 Å². The molecule has 5 aromatic rings. The Hall–Kier alpha value is -4.13. The van der Waals surface area contributed by atoms with Crippen molar-refractivity contribution in [3.8, 4) is 11.3 Å². The van der Waals surface area contributed by atoms with Crippen molar-refractivity contribution in [2.75, 3.05) is 5.32 Å². The third-order valence-corrected chi connectivity index (χ3v) is 5.53. The molecule has 0 fully saturated rings. The van der Waals surface area contributed by atoms with Gasteiger partial charge in [-0.3, -0.25) is 9.20 Å². The van der Waals surface area contributed by atoms with E-state index in [1.165, 1.54) is 0 Å². The van der Waals surface area contributed by atoms with Crippen molar-refractivity contribution in [3.63, 3.8) is 0 Å². The van der Waals surface area contributed by atoms with E-state index >= 15 is 0 Å². The van der Waals surface area contributed by atoms with E-state index in [1.54, 1.807) is 4.57 Å². The summed E-state index contributed by atoms with van der Waals surface area (Å²) in [7, 11) is 0. The van der Waals surface area contributed by atoms with Gasteiger partial charge < -0.3 is 16.0 Å². The predicted octanol–water partition coefficient (Wildman–Crippen LogP) is 3.62. The third-order valence-electron chi connectivity index (χ3n) is 5.53. The third kappa shape index (κ3) is 3.30. The first-order chi connectivity index (χ1) is 15.0. The van der Waals surface area contributed by atoms with Crippen LogP contribution in [0.1, 0.15) is 11.1 Å². The number of benzene rings is 2. The number of nitrogens with two attached hydrogens (primary N) is 1. The molecular formula is C24H23N6O+. The fourth-order valence-corrected chi connectivity index (χ4v) is 4.02. The quantitative estimate of drug-likeness (QED) is 0.386. The molecule has 1 amide bonds. The number of hydrogen-bond donors (Lipinski definition) is 3. The van der Waals surface area contributed by atoms with Crippen molar-refractivity contribution in [3.05, 3.63) is 78.4 Å². The number of primary amides is 1. The Morgan fingerprint density at radius 1 is 1.16 bits per heavy atom. The summed E-state index contributed by atoms with van der Waals surface area (Å²) in [6.45, 7) is 4.28. The summed E-state index contributed by atoms with van der Waals surface area (Å²) < 4.78 is 3.74. The molecular weight excluding hydrogens is 388 g/mol. The molecule has 31 heavy (non-hydrogen) atoms. The zero-order valence-electron chi connectivity index (χ0n) is 17.4. The van der Waals surface area contributed by atoms with Crippen LogP contribution < -0.4 is 15.6 Å². The molecule has 5 rings (SSSR count). The number of amides is 1. The van der Waals surface area contributed by atoms with E-state index in [9.17, 15) is 4.79 Å². The molecule has 0 bridgehead atoms. The van der Waals surface area contributed by atoms with E-state index in [1.807, 2.05) is 47.4 Å². The van der Waals surface area contributed by atoms with Gasteiger partial charge in [0.25, 0.3) is 5.91 Å². The van der Waals surface area contributed by atoms with E-state index < -0.39 is 5.91 Å². The lowest BCUT2D eigenvalue weighted by atomic mass is 10.1. The molecule has 0 aliphatic rings. The SMILES string of the molecule is Cc1cccc(C)c1Nc1c(-c2c[nH]c3ccccc23)nc2c[n+](CC(N)=O)ccn12. The van der Waals surface area contributed by atoms with Gasteiger partial charge in [-0.15, -0.1) is 0 Å². The van der Waals surface area contributed by atoms with Gasteiger partial charge in [-0.1, -0.05) is 36.4 Å². The van der Waals surface area contributed by atoms with Crippen LogP contribution in [0.3, 0.4) is 0 Å². The molecule has 154 valence electrons. The zero-order valence-corrected chi connectivity index (χ0v) is 17.4. The standard InChI is InChI=1S/C24H22N6O/c1-15-6-5-7-16(2)22(15)28-24-23(18-12-26-19-9-4-3-8-17(18)19)27-21-14-29(13-20(25)31)10-11-30(21)24/h3-12,14H,13H2,1-2H3,(H3,25,26,27,31)/p+1. The van der Waals surface area contributed by atoms with Crippen LogP contribution in [0.2, 0.25) is 0 Å². The number of H-pyrrole nitrogens is 1. The number of fused-ring (bicyclic) bond motifs is 2. The maximum Gasteiger partial charge on any atom is 0.283 e. The number of hydrogen-bond acceptors (Lipinski definition) is 3. The van der Waals surface area contributed by atoms with Crippen LogP contribution in [-0.4, -0.2) is 20.3 Å². The number of aryl methyl sites for hydroxylation is 2. The van der Waals surface area contributed by atoms with Crippen molar-refractivity contribution >= 4 is 34.0 Å². The first-order valence-electron chi connectivity index (χ1n) is 10.1. The minimum atomic E-state index is -0.397. The maximum absolute atomic E-state index is 11.4. The monoisotopic (exact) mass is 411 g/mol. The van der Waals surface area contributed by atoms with E-state index in [4.69, 9.17) is 10.7 Å². The van der Waals surface area contributed by atoms with Gasteiger partial charge in [-0.2, -0.15) is 4.57 Å². The van der Waals surface area contributed by atoms with Gasteiger partial charge in [0.15, 0.2) is 6.20 Å². The number of rotatable bonds is 5. The summed E-state index contributed by atoms with van der Waals surface area (Å²) in [6, 6.07) is 14.4. The molecule has 2 aromatic carbocycles. The van der Waals surface area contributed by atoms with Crippen molar-refractivity contribution in [2.45, 2.75) is 20.4 Å². The van der Waals surface area contributed by atoms with Crippen molar-refractivity contribution in [1.29, 1.82) is 0 Å². The summed E-state index contributed by atoms with van der Waals surface area (Å²) in [4.78, 5) is 19.7. The van der Waals surface area contributed by atoms with Crippen LogP contribution in [0.15, 0.2) is 67.3 Å². The highest BCUT2D eigenvalue weighted by atomic mass is 16.1. The Labute approximate surface area is 179 Å². The number of nitrogens with one attached hydrogen (secondary N) is 2. The lowest BCUT2D eigenvalue weighted by molar-refractivity contribution is -0.683. The Morgan fingerprint density at radius 2 is 1.94 bits per heavy atom. The Morgan fingerprint density at radius 3 is 2.71 bits per heavy atom. The minimum Gasteiger partial charge on any atom is -0.364 e. The summed E-state index contributed by atoms with van der Waals surface area (Å²) in [5.74, 6) is 0.468. The fourth-order valence-electron chi connectivity index (χ4n) is 4.02. The Kier molecular flexibility index (Phi) is 4.43. The molecule has 0 radical (unpaired) electrons. The van der Waals surface area contributed by atoms with Gasteiger partial charge in [0.2, 0.25) is 18.4 Å². The number of carbonyl (C=O) groups excluding carboxylic acids is 1. The first-order valence-corrected chi connectivity index (χ1v) is 10.1. The lowest BCUT2D eigenvalue weighted by Gasteiger charge is -2.13. The number of nitrogens with zero attached hydrogens (tertiary/aromatic N) is 3. The van der Waals surface area contributed by atoms with Crippen LogP contribution in [0, 0.1) is 13.8 Å². The highest BCUT2D eigenvalue weighted by Gasteiger charge is 2.20. The van der Waals surface area contributed by atoms with Gasteiger partial charge >= 0.3 is 0 Å². The van der Waals surface area contributed by atoms with Gasteiger partial charge in [0.05, 0.1) is 6.20 Å². The summed E-state index contributed by atoms with van der Waals surface area (Å²) in [6.07, 6.45) is 7.55. The van der Waals surface area contributed by atoms with Crippen molar-refractivity contribution in [1.82, 2.24) is 14.4 Å². The van der Waals surface area contributed by atoms with Crippen LogP contribution in [-0.2, 0) is 11.3 Å². The number of aromatic nitrogens is 4. The minimum absolute atomic E-state index is 0.103. The van der Waals surface area contributed by atoms with Crippen LogP contribution in [0.5, 0.6) is 0 Å². The van der Waals surface area contributed by atoms with Crippen molar-refractivity contribution < 1.29 is 9.36 Å². The molecule has 0 unspecified atom stereocenters. The van der Waals surface area contributed by atoms with Gasteiger partial charge in [-0.25, -0.2) is 4.98 Å². The van der Waals surface area contributed by atoms with E-state index in [-0.39, 0.29) is 6.54 Å². The topological polar surface area (TPSA) is 92.1 Å². The number of para-hydroxylation sites is 2. The largest absolute Gasteiger partial charge is 0.364 e. The second-order valence-electron chi connectivity index (χ2n) is 7.74. The molecule has 0 atom stereocenters.